The quantitative estimate of drug-likeness (QED) is 0.156. The minimum Gasteiger partial charge on any atom is -0.506 e. The molecule has 2 amide bonds. The molecule has 0 aliphatic rings. The van der Waals surface area contributed by atoms with Gasteiger partial charge in [-0.2, -0.15) is 0 Å². The first-order valence-corrected chi connectivity index (χ1v) is 15.9. The van der Waals surface area contributed by atoms with E-state index in [0.29, 0.717) is 12.1 Å². The number of anilines is 1. The zero-order chi connectivity index (χ0) is 31.4. The van der Waals surface area contributed by atoms with Crippen LogP contribution in [0.3, 0.4) is 0 Å². The number of hydrogen-bond acceptors (Lipinski definition) is 6. The molecule has 4 aromatic rings. The maximum absolute atomic E-state index is 13.3. The first kappa shape index (κ1) is 32.2. The molecule has 0 aliphatic heterocycles. The predicted octanol–water partition coefficient (Wildman–Crippen LogP) is 5.71. The number of phenolic OH excluding ortho intramolecular Hbond substituents is 1. The molecule has 4 aromatic carbocycles. The van der Waals surface area contributed by atoms with E-state index >= 15 is 0 Å². The van der Waals surface area contributed by atoms with Crippen molar-refractivity contribution in [3.63, 3.8) is 0 Å². The molecular formula is C34H37N3O6S. The van der Waals surface area contributed by atoms with Crippen LogP contribution in [0, 0.1) is 0 Å². The molecule has 1 atom stereocenters. The van der Waals surface area contributed by atoms with Crippen LogP contribution in [0.25, 0.3) is 0 Å². The summed E-state index contributed by atoms with van der Waals surface area (Å²) >= 11 is 0. The van der Waals surface area contributed by atoms with Crippen LogP contribution in [0.5, 0.6) is 5.75 Å². The van der Waals surface area contributed by atoms with Gasteiger partial charge >= 0.3 is 6.09 Å². The molecule has 3 N–H and O–H groups in total. The Morgan fingerprint density at radius 1 is 0.841 bits per heavy atom. The third kappa shape index (κ3) is 9.42. The number of aryl methyl sites for hydroxylation is 1. The Morgan fingerprint density at radius 3 is 2.11 bits per heavy atom. The Labute approximate surface area is 258 Å². The Morgan fingerprint density at radius 2 is 1.45 bits per heavy atom. The highest BCUT2D eigenvalue weighted by atomic mass is 32.2. The van der Waals surface area contributed by atoms with Gasteiger partial charge in [0.05, 0.1) is 16.6 Å². The summed E-state index contributed by atoms with van der Waals surface area (Å²) in [5, 5.41) is 13.5. The lowest BCUT2D eigenvalue weighted by molar-refractivity contribution is -0.121. The van der Waals surface area contributed by atoms with Crippen LogP contribution in [-0.2, 0) is 32.6 Å². The topological polar surface area (TPSA) is 125 Å². The first-order chi connectivity index (χ1) is 21.2. The van der Waals surface area contributed by atoms with E-state index in [9.17, 15) is 23.1 Å². The van der Waals surface area contributed by atoms with Crippen molar-refractivity contribution in [1.82, 2.24) is 10.0 Å². The largest absolute Gasteiger partial charge is 0.506 e. The second kappa shape index (κ2) is 15.7. The molecular weight excluding hydrogens is 578 g/mol. The van der Waals surface area contributed by atoms with Crippen LogP contribution in [-0.4, -0.2) is 39.1 Å². The number of carbonyl (C=O) groups excluding carboxylic acids is 2. The van der Waals surface area contributed by atoms with E-state index in [1.807, 2.05) is 48.5 Å². The van der Waals surface area contributed by atoms with Gasteiger partial charge in [0.1, 0.15) is 12.4 Å². The molecule has 0 spiro atoms. The van der Waals surface area contributed by atoms with Crippen LogP contribution in [0.4, 0.5) is 10.5 Å². The maximum Gasteiger partial charge on any atom is 0.414 e. The van der Waals surface area contributed by atoms with Gasteiger partial charge in [-0.15, -0.1) is 0 Å². The van der Waals surface area contributed by atoms with Crippen molar-refractivity contribution >= 4 is 27.7 Å². The van der Waals surface area contributed by atoms with Gasteiger partial charge in [0.2, 0.25) is 15.9 Å². The monoisotopic (exact) mass is 615 g/mol. The van der Waals surface area contributed by atoms with Gasteiger partial charge in [0.25, 0.3) is 0 Å². The summed E-state index contributed by atoms with van der Waals surface area (Å²) in [4.78, 5) is 27.0. The number of phenols is 1. The highest BCUT2D eigenvalue weighted by Crippen LogP contribution is 2.32. The first-order valence-electron chi connectivity index (χ1n) is 14.4. The van der Waals surface area contributed by atoms with E-state index in [0.717, 1.165) is 29.7 Å². The van der Waals surface area contributed by atoms with E-state index in [-0.39, 0.29) is 35.3 Å². The van der Waals surface area contributed by atoms with Crippen molar-refractivity contribution < 1.29 is 27.9 Å². The molecule has 44 heavy (non-hydrogen) atoms. The average molecular weight is 616 g/mol. The van der Waals surface area contributed by atoms with Crippen molar-refractivity contribution in [3.05, 3.63) is 126 Å². The van der Waals surface area contributed by atoms with Gasteiger partial charge < -0.3 is 15.2 Å². The van der Waals surface area contributed by atoms with Crippen molar-refractivity contribution in [3.8, 4) is 5.75 Å². The smallest absolute Gasteiger partial charge is 0.414 e. The van der Waals surface area contributed by atoms with Crippen molar-refractivity contribution in [2.24, 2.45) is 0 Å². The summed E-state index contributed by atoms with van der Waals surface area (Å²) in [6, 6.07) is 30.5. The van der Waals surface area contributed by atoms with Gasteiger partial charge in [-0.1, -0.05) is 84.9 Å². The fourth-order valence-electron chi connectivity index (χ4n) is 4.61. The van der Waals surface area contributed by atoms with E-state index in [1.54, 1.807) is 18.2 Å². The summed E-state index contributed by atoms with van der Waals surface area (Å²) in [6.07, 6.45) is 1.64. The molecule has 0 saturated heterocycles. The fraction of sp³-hybridized carbons (Fsp3) is 0.235. The molecule has 0 bridgehead atoms. The Kier molecular flexibility index (Phi) is 11.5. The maximum atomic E-state index is 13.3. The van der Waals surface area contributed by atoms with E-state index in [2.05, 4.69) is 22.2 Å². The molecule has 10 heteroatoms. The molecule has 0 aromatic heterocycles. The number of aromatic hydroxyl groups is 1. The lowest BCUT2D eigenvalue weighted by Gasteiger charge is -2.23. The van der Waals surface area contributed by atoms with Crippen LogP contribution >= 0.6 is 0 Å². The number of hydrogen-bond donors (Lipinski definition) is 3. The number of unbranched alkanes of at least 4 members (excludes halogenated alkanes) is 1. The van der Waals surface area contributed by atoms with Gasteiger partial charge in [-0.3, -0.25) is 9.69 Å². The Bertz CT molecular complexity index is 1620. The van der Waals surface area contributed by atoms with Crippen LogP contribution in [0.15, 0.2) is 114 Å². The Balaban J connectivity index is 1.47. The lowest BCUT2D eigenvalue weighted by Crippen LogP contribution is -2.34. The number of sulfonamides is 1. The summed E-state index contributed by atoms with van der Waals surface area (Å²) in [7, 11) is -2.57. The zero-order valence-electron chi connectivity index (χ0n) is 24.6. The summed E-state index contributed by atoms with van der Waals surface area (Å²) in [5.41, 5.74) is 2.52. The van der Waals surface area contributed by atoms with E-state index in [4.69, 9.17) is 4.74 Å². The number of nitrogens with zero attached hydrogens (tertiary/aromatic N) is 1. The highest BCUT2D eigenvalue weighted by Gasteiger charge is 2.26. The van der Waals surface area contributed by atoms with Crippen LogP contribution in [0.1, 0.15) is 42.0 Å². The normalized spacial score (nSPS) is 11.8. The highest BCUT2D eigenvalue weighted by molar-refractivity contribution is 7.89. The molecule has 0 heterocycles. The van der Waals surface area contributed by atoms with Crippen molar-refractivity contribution in [2.45, 2.75) is 43.2 Å². The van der Waals surface area contributed by atoms with Gasteiger partial charge in [-0.25, -0.2) is 17.9 Å². The fourth-order valence-corrected chi connectivity index (χ4v) is 5.85. The summed E-state index contributed by atoms with van der Waals surface area (Å²) in [5.74, 6) is -0.545. The second-order valence-electron chi connectivity index (χ2n) is 10.3. The van der Waals surface area contributed by atoms with Crippen LogP contribution in [0.2, 0.25) is 0 Å². The van der Waals surface area contributed by atoms with Gasteiger partial charge in [-0.05, 0) is 60.2 Å². The van der Waals surface area contributed by atoms with Gasteiger partial charge in [0, 0.05) is 20.0 Å². The number of rotatable bonds is 14. The number of nitrogens with one attached hydrogen (secondary N) is 2. The minimum atomic E-state index is -4.01. The zero-order valence-corrected chi connectivity index (χ0v) is 25.4. The van der Waals surface area contributed by atoms with Gasteiger partial charge in [0.15, 0.2) is 0 Å². The van der Waals surface area contributed by atoms with Crippen LogP contribution < -0.4 is 14.9 Å². The number of ether oxygens (including phenoxy) is 1. The molecule has 0 aliphatic carbocycles. The lowest BCUT2D eigenvalue weighted by atomic mass is 10.0. The molecule has 0 saturated carbocycles. The van der Waals surface area contributed by atoms with Crippen molar-refractivity contribution in [2.75, 3.05) is 18.5 Å². The summed E-state index contributed by atoms with van der Waals surface area (Å²) < 4.78 is 34.6. The van der Waals surface area contributed by atoms with E-state index in [1.165, 1.54) is 42.9 Å². The van der Waals surface area contributed by atoms with E-state index < -0.39 is 22.2 Å². The SMILES string of the molecule is CN(C(=O)OCc1ccccc1)c1cc(C(CC(=O)NCCCCc2ccccc2)NS(=O)(=O)c2ccccc2)ccc1O. The average Bonchev–Trinajstić information content (AvgIpc) is 3.04. The number of amides is 2. The molecule has 1 unspecified atom stereocenters. The standard InChI is InChI=1S/C34H37N3O6S/c1-37(34(40)43-25-27-16-7-3-8-17-27)31-23-28(20-21-32(31)38)30(36-44(41,42)29-18-9-4-10-19-29)24-33(39)35-22-12-11-15-26-13-5-2-6-14-26/h2-10,13-14,16-21,23,30,36,38H,11-12,15,22,24-25H2,1H3,(H,35,39). The third-order valence-electron chi connectivity index (χ3n) is 7.04. The molecule has 0 radical (unpaired) electrons. The minimum absolute atomic E-state index is 0.0372. The van der Waals surface area contributed by atoms with Crippen molar-refractivity contribution in [1.29, 1.82) is 0 Å². The predicted molar refractivity (Wildman–Crippen MR) is 170 cm³/mol. The third-order valence-corrected chi connectivity index (χ3v) is 8.53. The molecule has 4 rings (SSSR count). The number of benzene rings is 4. The molecule has 9 nitrogen and oxygen atoms in total. The molecule has 230 valence electrons. The Hall–Kier alpha value is -4.67. The number of carbonyl (C=O) groups is 2. The summed E-state index contributed by atoms with van der Waals surface area (Å²) in [6.45, 7) is 0.482. The molecule has 0 fully saturated rings. The second-order valence-corrected chi connectivity index (χ2v) is 12.0.